The fraction of sp³-hybridized carbons (Fsp3) is 1.00. The maximum absolute atomic E-state index is 12.7. The first-order chi connectivity index (χ1) is 6.14. The van der Waals surface area contributed by atoms with Gasteiger partial charge in [0.1, 0.15) is 0 Å². The lowest BCUT2D eigenvalue weighted by atomic mass is 10.1. The molecule has 0 spiro atoms. The molecule has 0 aromatic carbocycles. The first kappa shape index (κ1) is 10.9. The molecule has 1 aliphatic rings. The second-order valence-corrected chi connectivity index (χ2v) is 3.55. The lowest BCUT2D eigenvalue weighted by Gasteiger charge is -2.31. The summed E-state index contributed by atoms with van der Waals surface area (Å²) in [6.45, 7) is 5.87. The maximum Gasteiger partial charge on any atom is 0.250 e. The van der Waals surface area contributed by atoms with Crippen molar-refractivity contribution < 1.29 is 8.78 Å². The summed E-state index contributed by atoms with van der Waals surface area (Å²) in [5, 5.41) is 3.19. The summed E-state index contributed by atoms with van der Waals surface area (Å²) in [7, 11) is 0. The van der Waals surface area contributed by atoms with Gasteiger partial charge in [0.25, 0.3) is 5.92 Å². The zero-order valence-corrected chi connectivity index (χ0v) is 8.15. The summed E-state index contributed by atoms with van der Waals surface area (Å²) < 4.78 is 25.4. The number of hydrogen-bond donors (Lipinski definition) is 1. The van der Waals surface area contributed by atoms with Crippen molar-refractivity contribution in [1.29, 1.82) is 0 Å². The smallest absolute Gasteiger partial charge is 0.250 e. The fourth-order valence-electron chi connectivity index (χ4n) is 1.52. The van der Waals surface area contributed by atoms with Crippen LogP contribution in [-0.4, -0.2) is 43.5 Å². The second kappa shape index (κ2) is 4.86. The van der Waals surface area contributed by atoms with Crippen LogP contribution in [0.3, 0.4) is 0 Å². The van der Waals surface area contributed by atoms with E-state index in [-0.39, 0.29) is 12.8 Å². The summed E-state index contributed by atoms with van der Waals surface area (Å²) >= 11 is 0. The minimum absolute atomic E-state index is 0.0269. The van der Waals surface area contributed by atoms with E-state index in [1.807, 2.05) is 6.92 Å². The second-order valence-electron chi connectivity index (χ2n) is 3.55. The van der Waals surface area contributed by atoms with Gasteiger partial charge in [-0.25, -0.2) is 8.78 Å². The van der Waals surface area contributed by atoms with E-state index in [0.29, 0.717) is 13.1 Å². The number of alkyl halides is 2. The van der Waals surface area contributed by atoms with Crippen molar-refractivity contribution in [3.63, 3.8) is 0 Å². The number of piperidine rings is 1. The Hall–Kier alpha value is -0.220. The van der Waals surface area contributed by atoms with Gasteiger partial charge in [-0.2, -0.15) is 0 Å². The Morgan fingerprint density at radius 1 is 1.31 bits per heavy atom. The molecule has 1 saturated heterocycles. The molecule has 0 atom stereocenters. The lowest BCUT2D eigenvalue weighted by molar-refractivity contribution is -0.0547. The zero-order chi connectivity index (χ0) is 9.73. The molecule has 0 bridgehead atoms. The molecule has 78 valence electrons. The van der Waals surface area contributed by atoms with Crippen LogP contribution >= 0.6 is 0 Å². The predicted molar refractivity (Wildman–Crippen MR) is 49.2 cm³/mol. The molecular weight excluding hydrogens is 174 g/mol. The van der Waals surface area contributed by atoms with Gasteiger partial charge in [-0.05, 0) is 6.54 Å². The molecular formula is C9H18F2N2. The van der Waals surface area contributed by atoms with Crippen LogP contribution in [0.2, 0.25) is 0 Å². The molecule has 1 fully saturated rings. The predicted octanol–water partition coefficient (Wildman–Crippen LogP) is 1.33. The Labute approximate surface area is 78.3 Å². The van der Waals surface area contributed by atoms with E-state index in [9.17, 15) is 8.78 Å². The van der Waals surface area contributed by atoms with Crippen LogP contribution in [0.1, 0.15) is 19.8 Å². The third-order valence-electron chi connectivity index (χ3n) is 2.44. The van der Waals surface area contributed by atoms with Crippen molar-refractivity contribution in [3.8, 4) is 0 Å². The molecule has 0 aromatic rings. The first-order valence-electron chi connectivity index (χ1n) is 4.95. The van der Waals surface area contributed by atoms with Gasteiger partial charge in [0.15, 0.2) is 0 Å². The highest BCUT2D eigenvalue weighted by Crippen LogP contribution is 2.27. The van der Waals surface area contributed by atoms with Gasteiger partial charge in [-0.3, -0.25) is 0 Å². The van der Waals surface area contributed by atoms with Gasteiger partial charge < -0.3 is 10.2 Å². The average molecular weight is 192 g/mol. The Morgan fingerprint density at radius 2 is 1.92 bits per heavy atom. The van der Waals surface area contributed by atoms with Crippen LogP contribution < -0.4 is 5.32 Å². The number of hydrogen-bond acceptors (Lipinski definition) is 2. The van der Waals surface area contributed by atoms with Crippen LogP contribution in [-0.2, 0) is 0 Å². The summed E-state index contributed by atoms with van der Waals surface area (Å²) in [5.41, 5.74) is 0. The Morgan fingerprint density at radius 3 is 2.46 bits per heavy atom. The Bertz CT molecular complexity index is 141. The van der Waals surface area contributed by atoms with E-state index in [2.05, 4.69) is 10.2 Å². The van der Waals surface area contributed by atoms with Crippen molar-refractivity contribution in [2.24, 2.45) is 0 Å². The minimum Gasteiger partial charge on any atom is -0.316 e. The van der Waals surface area contributed by atoms with E-state index in [4.69, 9.17) is 0 Å². The number of likely N-dealkylation sites (N-methyl/N-ethyl adjacent to an activating group) is 1. The summed E-state index contributed by atoms with van der Waals surface area (Å²) in [6.07, 6.45) is 0.0538. The van der Waals surface area contributed by atoms with Gasteiger partial charge in [0.05, 0.1) is 0 Å². The molecule has 0 radical (unpaired) electrons. The van der Waals surface area contributed by atoms with E-state index >= 15 is 0 Å². The molecule has 1 heterocycles. The summed E-state index contributed by atoms with van der Waals surface area (Å²) in [5.74, 6) is -2.41. The number of halogens is 2. The van der Waals surface area contributed by atoms with Crippen LogP contribution in [0.15, 0.2) is 0 Å². The van der Waals surface area contributed by atoms with Gasteiger partial charge in [0, 0.05) is 39.0 Å². The molecule has 1 aliphatic heterocycles. The van der Waals surface area contributed by atoms with Crippen molar-refractivity contribution in [2.75, 3.05) is 32.7 Å². The van der Waals surface area contributed by atoms with Crippen molar-refractivity contribution in [3.05, 3.63) is 0 Å². The van der Waals surface area contributed by atoms with Crippen LogP contribution in [0.4, 0.5) is 8.78 Å². The average Bonchev–Trinajstić information content (AvgIpc) is 2.08. The highest BCUT2D eigenvalue weighted by Gasteiger charge is 2.33. The molecule has 0 aromatic heterocycles. The maximum atomic E-state index is 12.7. The molecule has 0 aliphatic carbocycles. The number of nitrogens with zero attached hydrogens (tertiary/aromatic N) is 1. The molecule has 0 saturated carbocycles. The van der Waals surface area contributed by atoms with Crippen LogP contribution in [0.25, 0.3) is 0 Å². The van der Waals surface area contributed by atoms with E-state index in [1.165, 1.54) is 0 Å². The summed E-state index contributed by atoms with van der Waals surface area (Å²) in [6, 6.07) is 0. The van der Waals surface area contributed by atoms with Crippen molar-refractivity contribution in [2.45, 2.75) is 25.7 Å². The lowest BCUT2D eigenvalue weighted by Crippen LogP contribution is -2.42. The standard InChI is InChI=1S/C9H18F2N2/c1-2-12-5-8-13-6-3-9(10,11)4-7-13/h12H,2-8H2,1H3. The third-order valence-corrected chi connectivity index (χ3v) is 2.44. The van der Waals surface area contributed by atoms with E-state index < -0.39 is 5.92 Å². The first-order valence-corrected chi connectivity index (χ1v) is 4.95. The topological polar surface area (TPSA) is 15.3 Å². The highest BCUT2D eigenvalue weighted by atomic mass is 19.3. The van der Waals surface area contributed by atoms with E-state index in [1.54, 1.807) is 0 Å². The summed E-state index contributed by atoms with van der Waals surface area (Å²) in [4.78, 5) is 2.10. The zero-order valence-electron chi connectivity index (χ0n) is 8.15. The van der Waals surface area contributed by atoms with E-state index in [0.717, 1.165) is 19.6 Å². The number of nitrogens with one attached hydrogen (secondary N) is 1. The van der Waals surface area contributed by atoms with Crippen molar-refractivity contribution >= 4 is 0 Å². The molecule has 13 heavy (non-hydrogen) atoms. The third kappa shape index (κ3) is 4.00. The molecule has 1 rings (SSSR count). The highest BCUT2D eigenvalue weighted by molar-refractivity contribution is 4.77. The van der Waals surface area contributed by atoms with Crippen molar-refractivity contribution in [1.82, 2.24) is 10.2 Å². The fourth-order valence-corrected chi connectivity index (χ4v) is 1.52. The SMILES string of the molecule is CCNCCN1CCC(F)(F)CC1. The molecule has 2 nitrogen and oxygen atoms in total. The minimum atomic E-state index is -2.41. The van der Waals surface area contributed by atoms with Crippen LogP contribution in [0, 0.1) is 0 Å². The van der Waals surface area contributed by atoms with Gasteiger partial charge in [0.2, 0.25) is 0 Å². The quantitative estimate of drug-likeness (QED) is 0.676. The molecule has 1 N–H and O–H groups in total. The normalized spacial score (nSPS) is 23.3. The van der Waals surface area contributed by atoms with Crippen LogP contribution in [0.5, 0.6) is 0 Å². The van der Waals surface area contributed by atoms with Gasteiger partial charge >= 0.3 is 0 Å². The number of rotatable bonds is 4. The number of likely N-dealkylation sites (tertiary alicyclic amines) is 1. The Kier molecular flexibility index (Phi) is 4.06. The van der Waals surface area contributed by atoms with Gasteiger partial charge in [-0.1, -0.05) is 6.92 Å². The largest absolute Gasteiger partial charge is 0.316 e. The Balaban J connectivity index is 2.11. The van der Waals surface area contributed by atoms with Gasteiger partial charge in [-0.15, -0.1) is 0 Å². The molecule has 0 amide bonds. The monoisotopic (exact) mass is 192 g/mol. The molecule has 4 heteroatoms. The molecule has 0 unspecified atom stereocenters.